The van der Waals surface area contributed by atoms with Crippen molar-refractivity contribution in [1.29, 1.82) is 0 Å². The minimum atomic E-state index is 0.0435. The maximum atomic E-state index is 12.5. The molecular formula is C15H24N4O. The molecule has 1 saturated heterocycles. The van der Waals surface area contributed by atoms with Crippen LogP contribution in [0.4, 0.5) is 5.82 Å². The Hall–Kier alpha value is -1.62. The summed E-state index contributed by atoms with van der Waals surface area (Å²) in [7, 11) is 4.20. The molecular weight excluding hydrogens is 252 g/mol. The van der Waals surface area contributed by atoms with Crippen LogP contribution in [0.5, 0.6) is 0 Å². The fraction of sp³-hybridized carbons (Fsp3) is 0.600. The van der Waals surface area contributed by atoms with Gasteiger partial charge in [0.2, 0.25) is 0 Å². The summed E-state index contributed by atoms with van der Waals surface area (Å²) in [6.07, 6.45) is 2.07. The van der Waals surface area contributed by atoms with Crippen molar-refractivity contribution in [2.24, 2.45) is 0 Å². The SMILES string of the molecule is CCNc1cccc(C(=O)N2CCC(N(C)C)CC2)n1. The summed E-state index contributed by atoms with van der Waals surface area (Å²) < 4.78 is 0. The first-order valence-corrected chi connectivity index (χ1v) is 7.28. The zero-order valence-corrected chi connectivity index (χ0v) is 12.6. The van der Waals surface area contributed by atoms with E-state index in [4.69, 9.17) is 0 Å². The van der Waals surface area contributed by atoms with E-state index < -0.39 is 0 Å². The molecule has 0 radical (unpaired) electrons. The molecule has 0 saturated carbocycles. The number of anilines is 1. The van der Waals surface area contributed by atoms with Crippen LogP contribution < -0.4 is 5.32 Å². The summed E-state index contributed by atoms with van der Waals surface area (Å²) in [5.41, 5.74) is 0.534. The van der Waals surface area contributed by atoms with Crippen molar-refractivity contribution in [1.82, 2.24) is 14.8 Å². The molecule has 1 aromatic rings. The van der Waals surface area contributed by atoms with Gasteiger partial charge in [0.1, 0.15) is 11.5 Å². The first-order chi connectivity index (χ1) is 9.61. The molecule has 1 aliphatic rings. The standard InChI is InChI=1S/C15H24N4O/c1-4-16-14-7-5-6-13(17-14)15(20)19-10-8-12(9-11-19)18(2)3/h5-7,12H,4,8-11H2,1-3H3,(H,16,17). The summed E-state index contributed by atoms with van der Waals surface area (Å²) in [5.74, 6) is 0.809. The van der Waals surface area contributed by atoms with Gasteiger partial charge in [-0.1, -0.05) is 6.07 Å². The molecule has 0 aliphatic carbocycles. The van der Waals surface area contributed by atoms with Crippen LogP contribution >= 0.6 is 0 Å². The summed E-state index contributed by atoms with van der Waals surface area (Å²) in [6.45, 7) is 4.45. The topological polar surface area (TPSA) is 48.5 Å². The number of hydrogen-bond acceptors (Lipinski definition) is 4. The fourth-order valence-electron chi connectivity index (χ4n) is 2.58. The lowest BCUT2D eigenvalue weighted by atomic mass is 10.0. The number of pyridine rings is 1. The zero-order valence-electron chi connectivity index (χ0n) is 12.6. The third kappa shape index (κ3) is 3.48. The van der Waals surface area contributed by atoms with Crippen LogP contribution in [0.2, 0.25) is 0 Å². The Morgan fingerprint density at radius 2 is 2.10 bits per heavy atom. The van der Waals surface area contributed by atoms with E-state index in [1.807, 2.05) is 24.0 Å². The Bertz CT molecular complexity index is 453. The molecule has 1 N–H and O–H groups in total. The quantitative estimate of drug-likeness (QED) is 0.909. The molecule has 0 aromatic carbocycles. The predicted octanol–water partition coefficient (Wildman–Crippen LogP) is 1.68. The van der Waals surface area contributed by atoms with Gasteiger partial charge in [-0.3, -0.25) is 4.79 Å². The van der Waals surface area contributed by atoms with Crippen LogP contribution in [0.15, 0.2) is 18.2 Å². The summed E-state index contributed by atoms with van der Waals surface area (Å²) in [4.78, 5) is 21.0. The highest BCUT2D eigenvalue weighted by molar-refractivity contribution is 5.92. The van der Waals surface area contributed by atoms with Crippen molar-refractivity contribution in [2.75, 3.05) is 39.0 Å². The minimum absolute atomic E-state index is 0.0435. The lowest BCUT2D eigenvalue weighted by Gasteiger charge is -2.35. The molecule has 1 aromatic heterocycles. The van der Waals surface area contributed by atoms with Gasteiger partial charge >= 0.3 is 0 Å². The van der Waals surface area contributed by atoms with Crippen molar-refractivity contribution in [3.8, 4) is 0 Å². The van der Waals surface area contributed by atoms with E-state index >= 15 is 0 Å². The monoisotopic (exact) mass is 276 g/mol. The summed E-state index contributed by atoms with van der Waals surface area (Å²) in [6, 6.07) is 6.14. The molecule has 20 heavy (non-hydrogen) atoms. The number of nitrogens with zero attached hydrogens (tertiary/aromatic N) is 3. The number of carbonyl (C=O) groups is 1. The van der Waals surface area contributed by atoms with E-state index in [0.717, 1.165) is 38.3 Å². The van der Waals surface area contributed by atoms with Crippen LogP contribution in [-0.2, 0) is 0 Å². The van der Waals surface area contributed by atoms with Crippen LogP contribution in [0.3, 0.4) is 0 Å². The van der Waals surface area contributed by atoms with E-state index in [2.05, 4.69) is 29.3 Å². The van der Waals surface area contributed by atoms with Crippen molar-refractivity contribution in [2.45, 2.75) is 25.8 Å². The van der Waals surface area contributed by atoms with Gasteiger partial charge in [-0.05, 0) is 46.0 Å². The normalized spacial score (nSPS) is 16.5. The molecule has 1 aliphatic heterocycles. The van der Waals surface area contributed by atoms with Crippen LogP contribution in [0.1, 0.15) is 30.3 Å². The lowest BCUT2D eigenvalue weighted by molar-refractivity contribution is 0.0657. The molecule has 0 atom stereocenters. The molecule has 5 heteroatoms. The second kappa shape index (κ2) is 6.70. The molecule has 2 rings (SSSR count). The first-order valence-electron chi connectivity index (χ1n) is 7.28. The molecule has 0 spiro atoms. The molecule has 5 nitrogen and oxygen atoms in total. The van der Waals surface area contributed by atoms with Gasteiger partial charge in [0.05, 0.1) is 0 Å². The zero-order chi connectivity index (χ0) is 14.5. The highest BCUT2D eigenvalue weighted by Crippen LogP contribution is 2.16. The van der Waals surface area contributed by atoms with E-state index in [1.165, 1.54) is 0 Å². The number of aromatic nitrogens is 1. The number of nitrogens with one attached hydrogen (secondary N) is 1. The molecule has 1 amide bonds. The lowest BCUT2D eigenvalue weighted by Crippen LogP contribution is -2.44. The van der Waals surface area contributed by atoms with Crippen molar-refractivity contribution in [3.05, 3.63) is 23.9 Å². The van der Waals surface area contributed by atoms with E-state index in [0.29, 0.717) is 11.7 Å². The van der Waals surface area contributed by atoms with Gasteiger partial charge in [-0.25, -0.2) is 4.98 Å². The van der Waals surface area contributed by atoms with Crippen LogP contribution in [-0.4, -0.2) is 60.5 Å². The second-order valence-corrected chi connectivity index (χ2v) is 5.43. The Kier molecular flexibility index (Phi) is 4.95. The molecule has 0 bridgehead atoms. The third-order valence-corrected chi connectivity index (χ3v) is 3.81. The van der Waals surface area contributed by atoms with Crippen molar-refractivity contribution < 1.29 is 4.79 Å². The van der Waals surface area contributed by atoms with Gasteiger partial charge in [0.25, 0.3) is 5.91 Å². The van der Waals surface area contributed by atoms with E-state index in [-0.39, 0.29) is 5.91 Å². The van der Waals surface area contributed by atoms with E-state index in [9.17, 15) is 4.79 Å². The van der Waals surface area contributed by atoms with Gasteiger partial charge in [0, 0.05) is 25.7 Å². The van der Waals surface area contributed by atoms with Gasteiger partial charge in [-0.15, -0.1) is 0 Å². The summed E-state index contributed by atoms with van der Waals surface area (Å²) >= 11 is 0. The molecule has 2 heterocycles. The number of likely N-dealkylation sites (tertiary alicyclic amines) is 1. The van der Waals surface area contributed by atoms with Crippen LogP contribution in [0, 0.1) is 0 Å². The van der Waals surface area contributed by atoms with Gasteiger partial charge in [0.15, 0.2) is 0 Å². The number of piperidine rings is 1. The van der Waals surface area contributed by atoms with E-state index in [1.54, 1.807) is 6.07 Å². The average molecular weight is 276 g/mol. The number of carbonyl (C=O) groups excluding carboxylic acids is 1. The highest BCUT2D eigenvalue weighted by atomic mass is 16.2. The van der Waals surface area contributed by atoms with Gasteiger partial charge < -0.3 is 15.1 Å². The summed E-state index contributed by atoms with van der Waals surface area (Å²) in [5, 5.41) is 3.14. The van der Waals surface area contributed by atoms with Crippen molar-refractivity contribution >= 4 is 11.7 Å². The average Bonchev–Trinajstić information content (AvgIpc) is 2.47. The number of rotatable bonds is 4. The predicted molar refractivity (Wildman–Crippen MR) is 81.0 cm³/mol. The Balaban J connectivity index is 2.00. The fourth-order valence-corrected chi connectivity index (χ4v) is 2.58. The largest absolute Gasteiger partial charge is 0.370 e. The number of amides is 1. The maximum Gasteiger partial charge on any atom is 0.272 e. The second-order valence-electron chi connectivity index (χ2n) is 5.43. The highest BCUT2D eigenvalue weighted by Gasteiger charge is 2.25. The molecule has 110 valence electrons. The number of hydrogen-bond donors (Lipinski definition) is 1. The van der Waals surface area contributed by atoms with Crippen molar-refractivity contribution in [3.63, 3.8) is 0 Å². The Morgan fingerprint density at radius 3 is 2.70 bits per heavy atom. The smallest absolute Gasteiger partial charge is 0.272 e. The molecule has 1 fully saturated rings. The first kappa shape index (κ1) is 14.8. The minimum Gasteiger partial charge on any atom is -0.370 e. The maximum absolute atomic E-state index is 12.5. The van der Waals surface area contributed by atoms with Crippen LogP contribution in [0.25, 0.3) is 0 Å². The molecule has 0 unspecified atom stereocenters. The Morgan fingerprint density at radius 1 is 1.40 bits per heavy atom. The Labute approximate surface area is 121 Å². The van der Waals surface area contributed by atoms with Gasteiger partial charge in [-0.2, -0.15) is 0 Å². The third-order valence-electron chi connectivity index (χ3n) is 3.81.